The number of benzene rings is 2. The molecule has 0 bridgehead atoms. The normalized spacial score (nSPS) is 11.0. The molecule has 0 amide bonds. The summed E-state index contributed by atoms with van der Waals surface area (Å²) in [6.07, 6.45) is 0. The zero-order valence-corrected chi connectivity index (χ0v) is 19.3. The summed E-state index contributed by atoms with van der Waals surface area (Å²) in [4.78, 5) is 11.9. The van der Waals surface area contributed by atoms with Gasteiger partial charge in [-0.3, -0.25) is 0 Å². The lowest BCUT2D eigenvalue weighted by Gasteiger charge is -2.13. The molecular formula is C24H26BrN2O3-. The molecule has 0 aliphatic carbocycles. The van der Waals surface area contributed by atoms with Crippen molar-refractivity contribution in [2.45, 2.75) is 40.4 Å². The number of nitrogens with one attached hydrogen (secondary N) is 1. The Kier molecular flexibility index (Phi) is 7.00. The van der Waals surface area contributed by atoms with Gasteiger partial charge in [0.25, 0.3) is 0 Å². The van der Waals surface area contributed by atoms with Crippen LogP contribution in [0.2, 0.25) is 0 Å². The van der Waals surface area contributed by atoms with E-state index in [0.717, 1.165) is 27.0 Å². The first kappa shape index (κ1) is 22.1. The zero-order chi connectivity index (χ0) is 21.8. The van der Waals surface area contributed by atoms with Crippen molar-refractivity contribution < 1.29 is 14.6 Å². The van der Waals surface area contributed by atoms with Gasteiger partial charge in [0.15, 0.2) is 0 Å². The molecule has 2 aromatic carbocycles. The molecule has 0 unspecified atom stereocenters. The average molecular weight is 470 g/mol. The van der Waals surface area contributed by atoms with Crippen LogP contribution >= 0.6 is 15.9 Å². The van der Waals surface area contributed by atoms with E-state index >= 15 is 0 Å². The second-order valence-electron chi connectivity index (χ2n) is 7.38. The highest BCUT2D eigenvalue weighted by molar-refractivity contribution is 9.10. The summed E-state index contributed by atoms with van der Waals surface area (Å²) in [5, 5.41) is 15.3. The summed E-state index contributed by atoms with van der Waals surface area (Å²) in [6.45, 7) is 7.48. The molecule has 1 N–H and O–H groups in total. The van der Waals surface area contributed by atoms with E-state index in [1.54, 1.807) is 7.11 Å². The van der Waals surface area contributed by atoms with Crippen LogP contribution in [-0.2, 0) is 19.6 Å². The molecule has 0 fully saturated rings. The number of carbonyl (C=O) groups excluding carboxylic acids is 1. The van der Waals surface area contributed by atoms with Gasteiger partial charge in [-0.2, -0.15) is 0 Å². The highest BCUT2D eigenvalue weighted by atomic mass is 79.9. The molecule has 158 valence electrons. The van der Waals surface area contributed by atoms with Crippen molar-refractivity contribution in [3.05, 3.63) is 86.1 Å². The summed E-state index contributed by atoms with van der Waals surface area (Å²) in [5.74, 6) is -0.355. The standard InChI is InChI=1S/C24H27BrN2O3/c1-15-7-5-6-8-18(15)14-27-16(2)21(23(17(27)3)24(28)29)13-26-12-19-11-20(25)9-10-22(19)30-4/h5-11,26H,12-14H2,1-4H3,(H,28,29)/p-1. The number of halogens is 1. The molecule has 0 radical (unpaired) electrons. The van der Waals surface area contributed by atoms with Crippen molar-refractivity contribution in [1.29, 1.82) is 0 Å². The molecule has 1 heterocycles. The fourth-order valence-electron chi connectivity index (χ4n) is 3.84. The topological polar surface area (TPSA) is 66.3 Å². The summed E-state index contributed by atoms with van der Waals surface area (Å²) < 4.78 is 8.44. The number of aryl methyl sites for hydroxylation is 1. The number of carbonyl (C=O) groups is 1. The van der Waals surface area contributed by atoms with Gasteiger partial charge in [0.2, 0.25) is 0 Å². The van der Waals surface area contributed by atoms with E-state index in [-0.39, 0.29) is 5.56 Å². The second kappa shape index (κ2) is 9.49. The summed E-state index contributed by atoms with van der Waals surface area (Å²) in [7, 11) is 1.64. The molecule has 0 saturated carbocycles. The van der Waals surface area contributed by atoms with Crippen molar-refractivity contribution in [2.75, 3.05) is 7.11 Å². The number of rotatable bonds is 8. The minimum absolute atomic E-state index is 0.273. The third-order valence-electron chi connectivity index (χ3n) is 5.56. The van der Waals surface area contributed by atoms with E-state index in [1.165, 1.54) is 11.1 Å². The molecule has 0 atom stereocenters. The van der Waals surface area contributed by atoms with Gasteiger partial charge in [0.05, 0.1) is 13.1 Å². The number of carboxylic acid groups (broad SMARTS) is 1. The SMILES string of the molecule is COc1ccc(Br)cc1CNCc1c(C(=O)[O-])c(C)n(Cc2ccccc2C)c1C. The molecular weight excluding hydrogens is 444 g/mol. The van der Waals surface area contributed by atoms with Crippen LogP contribution in [0.15, 0.2) is 46.9 Å². The van der Waals surface area contributed by atoms with Crippen molar-refractivity contribution in [3.8, 4) is 5.75 Å². The number of carboxylic acids is 1. The van der Waals surface area contributed by atoms with Crippen LogP contribution in [0, 0.1) is 20.8 Å². The Morgan fingerprint density at radius 3 is 2.47 bits per heavy atom. The number of nitrogens with zero attached hydrogens (tertiary/aromatic N) is 1. The number of hydrogen-bond donors (Lipinski definition) is 1. The molecule has 0 spiro atoms. The molecule has 1 aromatic heterocycles. The molecule has 5 nitrogen and oxygen atoms in total. The predicted molar refractivity (Wildman–Crippen MR) is 120 cm³/mol. The zero-order valence-electron chi connectivity index (χ0n) is 17.7. The van der Waals surface area contributed by atoms with Gasteiger partial charge in [-0.05, 0) is 55.7 Å². The number of methoxy groups -OCH3 is 1. The summed E-state index contributed by atoms with van der Waals surface area (Å²) >= 11 is 3.48. The van der Waals surface area contributed by atoms with Crippen LogP contribution in [0.1, 0.15) is 44.0 Å². The first-order valence-electron chi connectivity index (χ1n) is 9.81. The van der Waals surface area contributed by atoms with Crippen LogP contribution in [0.3, 0.4) is 0 Å². The van der Waals surface area contributed by atoms with Crippen molar-refractivity contribution in [2.24, 2.45) is 0 Å². The van der Waals surface area contributed by atoms with Crippen LogP contribution in [0.5, 0.6) is 5.75 Å². The molecule has 3 aromatic rings. The first-order chi connectivity index (χ1) is 14.3. The number of hydrogen-bond acceptors (Lipinski definition) is 4. The van der Waals surface area contributed by atoms with Crippen molar-refractivity contribution in [3.63, 3.8) is 0 Å². The van der Waals surface area contributed by atoms with Gasteiger partial charge in [-0.25, -0.2) is 0 Å². The summed E-state index contributed by atoms with van der Waals surface area (Å²) in [5.41, 5.74) is 6.03. The maximum Gasteiger partial charge on any atom is 0.123 e. The van der Waals surface area contributed by atoms with Crippen molar-refractivity contribution in [1.82, 2.24) is 9.88 Å². The van der Waals surface area contributed by atoms with E-state index in [4.69, 9.17) is 4.74 Å². The molecule has 0 aliphatic rings. The molecule has 3 rings (SSSR count). The fourth-order valence-corrected chi connectivity index (χ4v) is 4.25. The number of ether oxygens (including phenoxy) is 1. The van der Waals surface area contributed by atoms with Crippen LogP contribution < -0.4 is 15.2 Å². The number of aromatic nitrogens is 1. The predicted octanol–water partition coefficient (Wildman–Crippen LogP) is 3.89. The van der Waals surface area contributed by atoms with Gasteiger partial charge < -0.3 is 24.5 Å². The lowest BCUT2D eigenvalue weighted by Crippen LogP contribution is -2.25. The van der Waals surface area contributed by atoms with E-state index in [0.29, 0.717) is 25.3 Å². The van der Waals surface area contributed by atoms with E-state index in [9.17, 15) is 9.90 Å². The smallest absolute Gasteiger partial charge is 0.123 e. The highest BCUT2D eigenvalue weighted by Gasteiger charge is 2.19. The minimum Gasteiger partial charge on any atom is -0.545 e. The quantitative estimate of drug-likeness (QED) is 0.543. The first-order valence-corrected chi connectivity index (χ1v) is 10.6. The van der Waals surface area contributed by atoms with Crippen LogP contribution in [0.25, 0.3) is 0 Å². The Bertz CT molecular complexity index is 1070. The summed E-state index contributed by atoms with van der Waals surface area (Å²) in [6, 6.07) is 14.0. The average Bonchev–Trinajstić information content (AvgIpc) is 2.94. The lowest BCUT2D eigenvalue weighted by molar-refractivity contribution is -0.255. The molecule has 0 saturated heterocycles. The lowest BCUT2D eigenvalue weighted by atomic mass is 10.1. The van der Waals surface area contributed by atoms with E-state index < -0.39 is 5.97 Å². The van der Waals surface area contributed by atoms with Crippen LogP contribution in [-0.4, -0.2) is 17.6 Å². The highest BCUT2D eigenvalue weighted by Crippen LogP contribution is 2.26. The Morgan fingerprint density at radius 1 is 1.07 bits per heavy atom. The van der Waals surface area contributed by atoms with E-state index in [2.05, 4.69) is 44.9 Å². The molecule has 6 heteroatoms. The van der Waals surface area contributed by atoms with Gasteiger partial charge >= 0.3 is 0 Å². The maximum absolute atomic E-state index is 11.9. The number of aromatic carboxylic acids is 1. The van der Waals surface area contributed by atoms with Gasteiger partial charge in [-0.1, -0.05) is 40.2 Å². The van der Waals surface area contributed by atoms with Crippen molar-refractivity contribution >= 4 is 21.9 Å². The maximum atomic E-state index is 11.9. The Balaban J connectivity index is 1.87. The van der Waals surface area contributed by atoms with Gasteiger partial charge in [0, 0.05) is 46.6 Å². The van der Waals surface area contributed by atoms with Gasteiger partial charge in [0.1, 0.15) is 5.75 Å². The van der Waals surface area contributed by atoms with E-state index in [1.807, 2.05) is 44.2 Å². The largest absolute Gasteiger partial charge is 0.545 e. The monoisotopic (exact) mass is 469 g/mol. The fraction of sp³-hybridized carbons (Fsp3) is 0.292. The Hall–Kier alpha value is -2.57. The molecule has 30 heavy (non-hydrogen) atoms. The minimum atomic E-state index is -1.14. The van der Waals surface area contributed by atoms with Gasteiger partial charge in [-0.15, -0.1) is 0 Å². The third-order valence-corrected chi connectivity index (χ3v) is 6.06. The van der Waals surface area contributed by atoms with Crippen LogP contribution in [0.4, 0.5) is 0 Å². The third kappa shape index (κ3) is 4.60. The second-order valence-corrected chi connectivity index (χ2v) is 8.30. The molecule has 0 aliphatic heterocycles. The Labute approximate surface area is 185 Å². The Morgan fingerprint density at radius 2 is 1.80 bits per heavy atom.